The molecule has 1 saturated heterocycles. The van der Waals surface area contributed by atoms with E-state index in [1.165, 1.54) is 0 Å². The molecule has 128 valence electrons. The van der Waals surface area contributed by atoms with Gasteiger partial charge in [-0.25, -0.2) is 4.79 Å². The van der Waals surface area contributed by atoms with Crippen LogP contribution in [0.15, 0.2) is 0 Å². The predicted octanol–water partition coefficient (Wildman–Crippen LogP) is 1.97. The summed E-state index contributed by atoms with van der Waals surface area (Å²) in [4.78, 5) is 28.0. The third-order valence-corrected chi connectivity index (χ3v) is 3.76. The molecule has 1 unspecified atom stereocenters. The second kappa shape index (κ2) is 7.81. The summed E-state index contributed by atoms with van der Waals surface area (Å²) in [7, 11) is 0. The zero-order chi connectivity index (χ0) is 16.9. The van der Waals surface area contributed by atoms with Crippen LogP contribution in [0.5, 0.6) is 0 Å². The van der Waals surface area contributed by atoms with Crippen LogP contribution in [-0.2, 0) is 9.53 Å². The van der Waals surface area contributed by atoms with Crippen molar-refractivity contribution in [3.63, 3.8) is 0 Å². The molecule has 2 atom stereocenters. The molecule has 0 bridgehead atoms. The molecule has 1 fully saturated rings. The second-order valence-electron chi connectivity index (χ2n) is 6.99. The number of hydrogen-bond acceptors (Lipinski definition) is 4. The van der Waals surface area contributed by atoms with Gasteiger partial charge in [0.2, 0.25) is 5.91 Å². The van der Waals surface area contributed by atoms with E-state index in [2.05, 4.69) is 0 Å². The lowest BCUT2D eigenvalue weighted by molar-refractivity contribution is -0.136. The zero-order valence-electron chi connectivity index (χ0n) is 14.6. The first-order valence-electron chi connectivity index (χ1n) is 8.19. The van der Waals surface area contributed by atoms with Gasteiger partial charge in [-0.2, -0.15) is 0 Å². The van der Waals surface area contributed by atoms with E-state index < -0.39 is 11.6 Å². The maximum absolute atomic E-state index is 12.2. The van der Waals surface area contributed by atoms with Crippen molar-refractivity contribution >= 4 is 12.0 Å². The third kappa shape index (κ3) is 5.48. The van der Waals surface area contributed by atoms with E-state index in [9.17, 15) is 9.59 Å². The highest BCUT2D eigenvalue weighted by molar-refractivity contribution is 5.81. The highest BCUT2D eigenvalue weighted by Gasteiger charge is 2.31. The fourth-order valence-corrected chi connectivity index (χ4v) is 2.66. The number of likely N-dealkylation sites (N-methyl/N-ethyl adjacent to an activating group) is 1. The second-order valence-corrected chi connectivity index (χ2v) is 6.99. The molecule has 0 spiro atoms. The molecule has 22 heavy (non-hydrogen) atoms. The quantitative estimate of drug-likeness (QED) is 0.861. The van der Waals surface area contributed by atoms with E-state index in [4.69, 9.17) is 10.5 Å². The monoisotopic (exact) mass is 313 g/mol. The molecule has 2 amide bonds. The lowest BCUT2D eigenvalue weighted by Gasteiger charge is -2.39. The number of carbonyl (C=O) groups is 2. The summed E-state index contributed by atoms with van der Waals surface area (Å²) in [6, 6.07) is -0.475. The molecule has 1 heterocycles. The molecule has 0 saturated carbocycles. The summed E-state index contributed by atoms with van der Waals surface area (Å²) in [5.41, 5.74) is 5.22. The predicted molar refractivity (Wildman–Crippen MR) is 86.5 cm³/mol. The smallest absolute Gasteiger partial charge is 0.410 e. The normalized spacial score (nSPS) is 20.5. The van der Waals surface area contributed by atoms with Crippen molar-refractivity contribution in [3.8, 4) is 0 Å². The number of ether oxygens (including phenoxy) is 1. The van der Waals surface area contributed by atoms with E-state index in [1.807, 2.05) is 32.6 Å². The van der Waals surface area contributed by atoms with Crippen LogP contribution in [0.3, 0.4) is 0 Å². The molecular formula is C16H31N3O3. The van der Waals surface area contributed by atoms with Crippen LogP contribution < -0.4 is 5.73 Å². The Morgan fingerprint density at radius 1 is 1.36 bits per heavy atom. The first-order chi connectivity index (χ1) is 10.2. The zero-order valence-corrected chi connectivity index (χ0v) is 14.6. The van der Waals surface area contributed by atoms with Crippen LogP contribution in [0.4, 0.5) is 4.79 Å². The third-order valence-electron chi connectivity index (χ3n) is 3.76. The minimum absolute atomic E-state index is 0.0275. The molecule has 0 aromatic heterocycles. The average molecular weight is 313 g/mol. The minimum Gasteiger partial charge on any atom is -0.444 e. The Bertz CT molecular complexity index is 391. The molecule has 0 aromatic carbocycles. The highest BCUT2D eigenvalue weighted by Crippen LogP contribution is 2.20. The highest BCUT2D eigenvalue weighted by atomic mass is 16.6. The molecule has 2 N–H and O–H groups in total. The Labute approximate surface area is 134 Å². The van der Waals surface area contributed by atoms with Crippen molar-refractivity contribution in [3.05, 3.63) is 0 Å². The molecule has 6 nitrogen and oxygen atoms in total. The van der Waals surface area contributed by atoms with Gasteiger partial charge in [0.1, 0.15) is 5.60 Å². The van der Waals surface area contributed by atoms with Crippen LogP contribution in [0.2, 0.25) is 0 Å². The van der Waals surface area contributed by atoms with Gasteiger partial charge in [-0.15, -0.1) is 0 Å². The van der Waals surface area contributed by atoms with Crippen molar-refractivity contribution in [2.24, 2.45) is 5.73 Å². The number of piperidine rings is 1. The SMILES string of the molecule is CCN(CC1CCCCN1C(=O)[C@H](C)N)C(=O)OC(C)(C)C. The maximum Gasteiger partial charge on any atom is 0.410 e. The Balaban J connectivity index is 2.74. The van der Waals surface area contributed by atoms with Crippen molar-refractivity contribution in [1.29, 1.82) is 0 Å². The van der Waals surface area contributed by atoms with Gasteiger partial charge in [0.15, 0.2) is 0 Å². The maximum atomic E-state index is 12.2. The van der Waals surface area contributed by atoms with E-state index in [0.29, 0.717) is 13.1 Å². The lowest BCUT2D eigenvalue weighted by atomic mass is 10.0. The van der Waals surface area contributed by atoms with E-state index >= 15 is 0 Å². The minimum atomic E-state index is -0.516. The molecule has 1 rings (SSSR count). The van der Waals surface area contributed by atoms with E-state index in [1.54, 1.807) is 11.8 Å². The largest absolute Gasteiger partial charge is 0.444 e. The van der Waals surface area contributed by atoms with Crippen LogP contribution >= 0.6 is 0 Å². The van der Waals surface area contributed by atoms with Gasteiger partial charge in [0.05, 0.1) is 6.04 Å². The Morgan fingerprint density at radius 3 is 2.50 bits per heavy atom. The molecule has 6 heteroatoms. The number of carbonyl (C=O) groups excluding carboxylic acids is 2. The molecule has 0 aromatic rings. The summed E-state index contributed by atoms with van der Waals surface area (Å²) in [6.07, 6.45) is 2.64. The Hall–Kier alpha value is -1.30. The van der Waals surface area contributed by atoms with Gasteiger partial charge in [0, 0.05) is 25.7 Å². The molecule has 0 radical (unpaired) electrons. The van der Waals surface area contributed by atoms with Crippen molar-refractivity contribution in [2.75, 3.05) is 19.6 Å². The van der Waals surface area contributed by atoms with Gasteiger partial charge in [-0.3, -0.25) is 4.79 Å². The van der Waals surface area contributed by atoms with Crippen LogP contribution in [0.25, 0.3) is 0 Å². The number of hydrogen-bond donors (Lipinski definition) is 1. The summed E-state index contributed by atoms with van der Waals surface area (Å²) < 4.78 is 5.43. The van der Waals surface area contributed by atoms with Gasteiger partial charge in [0.25, 0.3) is 0 Å². The Kier molecular flexibility index (Phi) is 6.66. The number of likely N-dealkylation sites (tertiary alicyclic amines) is 1. The summed E-state index contributed by atoms with van der Waals surface area (Å²) in [5.74, 6) is -0.0371. The first-order valence-corrected chi connectivity index (χ1v) is 8.19. The van der Waals surface area contributed by atoms with E-state index in [0.717, 1.165) is 25.8 Å². The van der Waals surface area contributed by atoms with Crippen LogP contribution in [-0.4, -0.2) is 59.1 Å². The van der Waals surface area contributed by atoms with Gasteiger partial charge >= 0.3 is 6.09 Å². The molecular weight excluding hydrogens is 282 g/mol. The number of nitrogens with two attached hydrogens (primary N) is 1. The van der Waals surface area contributed by atoms with Gasteiger partial charge in [-0.1, -0.05) is 0 Å². The fraction of sp³-hybridized carbons (Fsp3) is 0.875. The van der Waals surface area contributed by atoms with Crippen LogP contribution in [0, 0.1) is 0 Å². The molecule has 1 aliphatic heterocycles. The van der Waals surface area contributed by atoms with Crippen molar-refractivity contribution in [2.45, 2.75) is 71.6 Å². The number of nitrogens with zero attached hydrogens (tertiary/aromatic N) is 2. The average Bonchev–Trinajstić information content (AvgIpc) is 2.42. The van der Waals surface area contributed by atoms with Gasteiger partial charge in [-0.05, 0) is 53.9 Å². The molecule has 1 aliphatic rings. The topological polar surface area (TPSA) is 75.9 Å². The Morgan fingerprint density at radius 2 is 2.00 bits per heavy atom. The van der Waals surface area contributed by atoms with Gasteiger partial charge < -0.3 is 20.3 Å². The standard InChI is InChI=1S/C16H31N3O3/c1-6-18(15(21)22-16(3,4)5)11-13-9-7-8-10-19(13)14(20)12(2)17/h12-13H,6-11,17H2,1-5H3/t12-,13?/m0/s1. The lowest BCUT2D eigenvalue weighted by Crippen LogP contribution is -2.54. The number of rotatable bonds is 4. The van der Waals surface area contributed by atoms with Crippen molar-refractivity contribution < 1.29 is 14.3 Å². The summed E-state index contributed by atoms with van der Waals surface area (Å²) >= 11 is 0. The first kappa shape index (κ1) is 18.7. The summed E-state index contributed by atoms with van der Waals surface area (Å²) in [5, 5.41) is 0. The van der Waals surface area contributed by atoms with Crippen molar-refractivity contribution in [1.82, 2.24) is 9.80 Å². The van der Waals surface area contributed by atoms with Crippen LogP contribution in [0.1, 0.15) is 53.9 Å². The summed E-state index contributed by atoms with van der Waals surface area (Å²) in [6.45, 7) is 11.0. The fourth-order valence-electron chi connectivity index (χ4n) is 2.66. The van der Waals surface area contributed by atoms with E-state index in [-0.39, 0.29) is 18.0 Å². The molecule has 0 aliphatic carbocycles. The number of amides is 2.